The summed E-state index contributed by atoms with van der Waals surface area (Å²) in [5.41, 5.74) is 0. The van der Waals surface area contributed by atoms with Crippen molar-refractivity contribution in [1.82, 2.24) is 4.90 Å². The largest absolute Gasteiger partial charge is 0.300 e. The Morgan fingerprint density at radius 1 is 1.50 bits per heavy atom. The van der Waals surface area contributed by atoms with Gasteiger partial charge in [0, 0.05) is 30.5 Å². The van der Waals surface area contributed by atoms with E-state index in [2.05, 4.69) is 23.6 Å². The molecule has 0 N–H and O–H groups in total. The monoisotopic (exact) mass is 215 g/mol. The van der Waals surface area contributed by atoms with E-state index < -0.39 is 0 Å². The van der Waals surface area contributed by atoms with E-state index in [4.69, 9.17) is 0 Å². The number of carbonyl (C=O) groups is 1. The number of carbonyl (C=O) groups excluding carboxylic acids is 1. The number of hydrogen-bond donors (Lipinski definition) is 0. The van der Waals surface area contributed by atoms with Gasteiger partial charge in [-0.15, -0.1) is 0 Å². The van der Waals surface area contributed by atoms with Crippen LogP contribution in [0.2, 0.25) is 0 Å². The van der Waals surface area contributed by atoms with Crippen LogP contribution in [0.25, 0.3) is 0 Å². The van der Waals surface area contributed by atoms with Crippen LogP contribution >= 0.6 is 11.8 Å². The van der Waals surface area contributed by atoms with E-state index in [1.54, 1.807) is 6.92 Å². The first-order chi connectivity index (χ1) is 6.70. The molecule has 1 rings (SSSR count). The molecule has 3 heteroatoms. The van der Waals surface area contributed by atoms with E-state index in [9.17, 15) is 4.79 Å². The van der Waals surface area contributed by atoms with E-state index in [1.165, 1.54) is 31.0 Å². The highest BCUT2D eigenvalue weighted by Crippen LogP contribution is 2.16. The summed E-state index contributed by atoms with van der Waals surface area (Å²) in [4.78, 5) is 13.3. The van der Waals surface area contributed by atoms with Gasteiger partial charge < -0.3 is 4.79 Å². The molecule has 0 spiro atoms. The van der Waals surface area contributed by atoms with Gasteiger partial charge in [-0.3, -0.25) is 4.90 Å². The molecule has 0 aromatic heterocycles. The van der Waals surface area contributed by atoms with Crippen LogP contribution < -0.4 is 0 Å². The number of unbranched alkanes of at least 4 members (excludes halogenated alkanes) is 1. The zero-order valence-corrected chi connectivity index (χ0v) is 10.1. The minimum absolute atomic E-state index is 0.326. The van der Waals surface area contributed by atoms with Crippen molar-refractivity contribution in [1.29, 1.82) is 0 Å². The second-order valence-electron chi connectivity index (χ2n) is 4.12. The molecule has 0 aliphatic carbocycles. The lowest BCUT2D eigenvalue weighted by Crippen LogP contribution is -2.40. The standard InChI is InChI=1S/C11H21NOS/c1-10-9-14-8-7-12(10)6-4-3-5-11(2)13/h10H,3-9H2,1-2H3. The molecule has 0 aromatic rings. The number of nitrogens with zero attached hydrogens (tertiary/aromatic N) is 1. The number of ketones is 1. The van der Waals surface area contributed by atoms with E-state index in [0.717, 1.165) is 18.9 Å². The summed E-state index contributed by atoms with van der Waals surface area (Å²) in [6.07, 6.45) is 3.00. The Balaban J connectivity index is 2.07. The maximum absolute atomic E-state index is 10.7. The molecule has 0 saturated carbocycles. The Hall–Kier alpha value is -0.0200. The third-order valence-electron chi connectivity index (χ3n) is 2.73. The van der Waals surface area contributed by atoms with E-state index in [0.29, 0.717) is 5.78 Å². The molecule has 1 saturated heterocycles. The Bertz CT molecular complexity index is 184. The van der Waals surface area contributed by atoms with Gasteiger partial charge in [0.15, 0.2) is 0 Å². The zero-order chi connectivity index (χ0) is 10.4. The minimum atomic E-state index is 0.326. The fourth-order valence-corrected chi connectivity index (χ4v) is 2.86. The third kappa shape index (κ3) is 4.47. The van der Waals surface area contributed by atoms with Crippen LogP contribution in [0.15, 0.2) is 0 Å². The average Bonchev–Trinajstić information content (AvgIpc) is 2.15. The van der Waals surface area contributed by atoms with Gasteiger partial charge in [-0.05, 0) is 33.2 Å². The number of Topliss-reactive ketones (excluding diaryl/α,β-unsaturated/α-hetero) is 1. The molecular formula is C11H21NOS. The van der Waals surface area contributed by atoms with Crippen LogP contribution in [0.3, 0.4) is 0 Å². The highest BCUT2D eigenvalue weighted by molar-refractivity contribution is 7.99. The predicted octanol–water partition coefficient (Wildman–Crippen LogP) is 2.18. The summed E-state index contributed by atoms with van der Waals surface area (Å²) in [5, 5.41) is 0. The topological polar surface area (TPSA) is 20.3 Å². The fraction of sp³-hybridized carbons (Fsp3) is 0.909. The van der Waals surface area contributed by atoms with Gasteiger partial charge in [0.2, 0.25) is 0 Å². The van der Waals surface area contributed by atoms with Crippen LogP contribution in [0, 0.1) is 0 Å². The van der Waals surface area contributed by atoms with Crippen molar-refractivity contribution in [2.75, 3.05) is 24.6 Å². The summed E-state index contributed by atoms with van der Waals surface area (Å²) in [6, 6.07) is 0.728. The van der Waals surface area contributed by atoms with Crippen LogP contribution in [0.4, 0.5) is 0 Å². The molecular weight excluding hydrogens is 194 g/mol. The van der Waals surface area contributed by atoms with Gasteiger partial charge in [-0.1, -0.05) is 0 Å². The average molecular weight is 215 g/mol. The Kier molecular flexibility index (Phi) is 5.56. The lowest BCUT2D eigenvalue weighted by Gasteiger charge is -2.32. The molecule has 14 heavy (non-hydrogen) atoms. The molecule has 0 aromatic carbocycles. The maximum Gasteiger partial charge on any atom is 0.129 e. The third-order valence-corrected chi connectivity index (χ3v) is 3.92. The molecule has 0 bridgehead atoms. The molecule has 2 nitrogen and oxygen atoms in total. The number of rotatable bonds is 5. The van der Waals surface area contributed by atoms with Gasteiger partial charge in [0.1, 0.15) is 5.78 Å². The smallest absolute Gasteiger partial charge is 0.129 e. The van der Waals surface area contributed by atoms with E-state index in [1.807, 2.05) is 0 Å². The summed E-state index contributed by atoms with van der Waals surface area (Å²) in [5.74, 6) is 2.87. The summed E-state index contributed by atoms with van der Waals surface area (Å²) < 4.78 is 0. The highest BCUT2D eigenvalue weighted by Gasteiger charge is 2.17. The van der Waals surface area contributed by atoms with Crippen molar-refractivity contribution >= 4 is 17.5 Å². The van der Waals surface area contributed by atoms with Gasteiger partial charge >= 0.3 is 0 Å². The van der Waals surface area contributed by atoms with Gasteiger partial charge in [0.05, 0.1) is 0 Å². The lowest BCUT2D eigenvalue weighted by atomic mass is 10.1. The molecule has 1 aliphatic rings. The van der Waals surface area contributed by atoms with Gasteiger partial charge in [0.25, 0.3) is 0 Å². The second kappa shape index (κ2) is 6.46. The summed E-state index contributed by atoms with van der Waals surface area (Å²) in [6.45, 7) is 6.39. The first kappa shape index (κ1) is 12.1. The van der Waals surface area contributed by atoms with Crippen molar-refractivity contribution in [3.63, 3.8) is 0 Å². The number of hydrogen-bond acceptors (Lipinski definition) is 3. The van der Waals surface area contributed by atoms with Gasteiger partial charge in [-0.25, -0.2) is 0 Å². The second-order valence-corrected chi connectivity index (χ2v) is 5.27. The quantitative estimate of drug-likeness (QED) is 0.656. The Morgan fingerprint density at radius 3 is 2.93 bits per heavy atom. The summed E-state index contributed by atoms with van der Waals surface area (Å²) >= 11 is 2.06. The van der Waals surface area contributed by atoms with E-state index in [-0.39, 0.29) is 0 Å². The van der Waals surface area contributed by atoms with Crippen LogP contribution in [-0.2, 0) is 4.79 Å². The Morgan fingerprint density at radius 2 is 2.29 bits per heavy atom. The molecule has 1 fully saturated rings. The molecule has 1 unspecified atom stereocenters. The first-order valence-corrected chi connectivity index (χ1v) is 6.67. The summed E-state index contributed by atoms with van der Waals surface area (Å²) in [7, 11) is 0. The normalized spacial score (nSPS) is 23.7. The molecule has 82 valence electrons. The SMILES string of the molecule is CC(=O)CCCCN1CCSCC1C. The highest BCUT2D eigenvalue weighted by atomic mass is 32.2. The molecule has 1 atom stereocenters. The van der Waals surface area contributed by atoms with Crippen molar-refractivity contribution in [3.8, 4) is 0 Å². The van der Waals surface area contributed by atoms with Crippen LogP contribution in [0.1, 0.15) is 33.1 Å². The van der Waals surface area contributed by atoms with Gasteiger partial charge in [-0.2, -0.15) is 11.8 Å². The van der Waals surface area contributed by atoms with Crippen LogP contribution in [-0.4, -0.2) is 41.3 Å². The van der Waals surface area contributed by atoms with E-state index >= 15 is 0 Å². The zero-order valence-electron chi connectivity index (χ0n) is 9.29. The molecule has 0 radical (unpaired) electrons. The maximum atomic E-state index is 10.7. The molecule has 0 amide bonds. The fourth-order valence-electron chi connectivity index (χ4n) is 1.78. The number of thioether (sulfide) groups is 1. The van der Waals surface area contributed by atoms with Crippen molar-refractivity contribution in [2.45, 2.75) is 39.2 Å². The van der Waals surface area contributed by atoms with Crippen molar-refractivity contribution < 1.29 is 4.79 Å². The molecule has 1 heterocycles. The predicted molar refractivity (Wildman–Crippen MR) is 62.9 cm³/mol. The first-order valence-electron chi connectivity index (χ1n) is 5.51. The molecule has 1 aliphatic heterocycles. The van der Waals surface area contributed by atoms with Crippen molar-refractivity contribution in [2.24, 2.45) is 0 Å². The Labute approximate surface area is 91.4 Å². The van der Waals surface area contributed by atoms with Crippen LogP contribution in [0.5, 0.6) is 0 Å². The lowest BCUT2D eigenvalue weighted by molar-refractivity contribution is -0.117. The van der Waals surface area contributed by atoms with Crippen molar-refractivity contribution in [3.05, 3.63) is 0 Å². The minimum Gasteiger partial charge on any atom is -0.300 e.